The molecule has 0 amide bonds. The van der Waals surface area contributed by atoms with Crippen LogP contribution in [-0.4, -0.2) is 10.2 Å². The van der Waals surface area contributed by atoms with Crippen molar-refractivity contribution in [1.82, 2.24) is 0 Å². The molecule has 6 aromatic carbocycles. The molecular weight excluding hydrogens is 598 g/mol. The van der Waals surface area contributed by atoms with Crippen LogP contribution in [-0.2, 0) is 20.2 Å². The molecule has 0 saturated carbocycles. The van der Waals surface area contributed by atoms with Crippen molar-refractivity contribution in [3.8, 4) is 39.5 Å². The summed E-state index contributed by atoms with van der Waals surface area (Å²) in [5.41, 5.74) is 5.22. The summed E-state index contributed by atoms with van der Waals surface area (Å²) < 4.78 is 40.4. The van der Waals surface area contributed by atoms with Gasteiger partial charge in [-0.15, -0.1) is 0 Å². The number of rotatable bonds is 4. The fourth-order valence-electron chi connectivity index (χ4n) is 7.23. The predicted molar refractivity (Wildman–Crippen MR) is 180 cm³/mol. The van der Waals surface area contributed by atoms with Gasteiger partial charge in [-0.3, -0.25) is 4.57 Å². The highest BCUT2D eigenvalue weighted by atomic mass is 31.2. The van der Waals surface area contributed by atoms with Crippen LogP contribution < -0.4 is 15.1 Å². The van der Waals surface area contributed by atoms with Crippen molar-refractivity contribution in [3.05, 3.63) is 162 Å². The maximum atomic E-state index is 16.9. The number of phenolic OH excluding ortho intramolecular Hbond substituents is 2. The Morgan fingerprint density at radius 2 is 0.978 bits per heavy atom. The van der Waals surface area contributed by atoms with Gasteiger partial charge in [-0.25, -0.2) is 0 Å². The minimum atomic E-state index is -4.28. The largest absolute Gasteiger partial charge is 0.508 e. The van der Waals surface area contributed by atoms with Crippen LogP contribution in [0.1, 0.15) is 16.7 Å². The lowest BCUT2D eigenvalue weighted by Gasteiger charge is -2.49. The molecule has 8 rings (SSSR count). The summed E-state index contributed by atoms with van der Waals surface area (Å²) in [5, 5.41) is 22.0. The zero-order valence-corrected chi connectivity index (χ0v) is 25.9. The van der Waals surface area contributed by atoms with E-state index < -0.39 is 19.4 Å². The van der Waals surface area contributed by atoms with Crippen LogP contribution in [0.2, 0.25) is 0 Å². The Morgan fingerprint density at radius 1 is 0.511 bits per heavy atom. The van der Waals surface area contributed by atoms with E-state index in [2.05, 4.69) is 0 Å². The van der Waals surface area contributed by atoms with Crippen LogP contribution in [0, 0.1) is 0 Å². The zero-order valence-electron chi connectivity index (χ0n) is 24.1. The molecule has 0 spiro atoms. The maximum Gasteiger partial charge on any atom is 0.300 e. The number of aromatic hydroxyl groups is 2. The first-order valence-electron chi connectivity index (χ1n) is 14.7. The summed E-state index contributed by atoms with van der Waals surface area (Å²) >= 11 is 0. The zero-order chi connectivity index (χ0) is 30.8. The molecule has 2 aliphatic heterocycles. The van der Waals surface area contributed by atoms with Crippen molar-refractivity contribution in [3.63, 3.8) is 0 Å². The first-order valence-corrected chi connectivity index (χ1v) is 18.2. The first-order chi connectivity index (χ1) is 21.9. The van der Waals surface area contributed by atoms with Gasteiger partial charge in [0.15, 0.2) is 4.90 Å². The summed E-state index contributed by atoms with van der Waals surface area (Å²) in [6.45, 7) is 0. The molecule has 7 heteroatoms. The van der Waals surface area contributed by atoms with Crippen molar-refractivity contribution in [1.29, 1.82) is 0 Å². The Hall–Kier alpha value is -4.82. The van der Waals surface area contributed by atoms with E-state index in [0.717, 1.165) is 27.8 Å². The third-order valence-corrected chi connectivity index (χ3v) is 17.2. The normalized spacial score (nSPS) is 19.7. The highest BCUT2D eigenvalue weighted by Gasteiger charge is 2.67. The van der Waals surface area contributed by atoms with E-state index >= 15 is 9.13 Å². The van der Waals surface area contributed by atoms with E-state index in [1.54, 1.807) is 30.3 Å². The van der Waals surface area contributed by atoms with Crippen LogP contribution in [0.25, 0.3) is 22.3 Å². The van der Waals surface area contributed by atoms with E-state index in [1.807, 2.05) is 91.0 Å². The van der Waals surface area contributed by atoms with E-state index in [0.29, 0.717) is 27.5 Å². The number of hydrogen-bond donors (Lipinski definition) is 2. The summed E-state index contributed by atoms with van der Waals surface area (Å²) in [6, 6.07) is 43.5. The molecule has 5 nitrogen and oxygen atoms in total. The van der Waals surface area contributed by atoms with Crippen molar-refractivity contribution in [2.75, 3.05) is 0 Å². The smallest absolute Gasteiger partial charge is 0.300 e. The summed E-state index contributed by atoms with van der Waals surface area (Å²) in [6.07, 6.45) is 0.124. The molecule has 0 bridgehead atoms. The van der Waals surface area contributed by atoms with Gasteiger partial charge < -0.3 is 19.3 Å². The number of benzene rings is 6. The van der Waals surface area contributed by atoms with Crippen molar-refractivity contribution < 1.29 is 23.9 Å². The first kappa shape index (κ1) is 27.7. The molecule has 2 unspecified atom stereocenters. The van der Waals surface area contributed by atoms with E-state index in [4.69, 9.17) is 4.52 Å². The molecule has 2 atom stereocenters. The second-order valence-corrected chi connectivity index (χ2v) is 17.2. The van der Waals surface area contributed by atoms with Crippen LogP contribution in [0.5, 0.6) is 17.2 Å². The average molecular weight is 627 g/mol. The van der Waals surface area contributed by atoms with Crippen LogP contribution in [0.3, 0.4) is 0 Å². The van der Waals surface area contributed by atoms with Crippen molar-refractivity contribution >= 4 is 25.1 Å². The fourth-order valence-corrected chi connectivity index (χ4v) is 16.2. The Labute approximate surface area is 261 Å². The third kappa shape index (κ3) is 3.81. The minimum Gasteiger partial charge on any atom is -0.508 e. The molecule has 2 aliphatic rings. The molecule has 6 aromatic rings. The highest BCUT2D eigenvalue weighted by molar-refractivity contribution is 7.88. The van der Waals surface area contributed by atoms with E-state index in [-0.39, 0.29) is 17.7 Å². The van der Waals surface area contributed by atoms with E-state index in [9.17, 15) is 10.2 Å². The second kappa shape index (κ2) is 10.1. The van der Waals surface area contributed by atoms with Gasteiger partial charge in [0.25, 0.3) is 7.37 Å². The molecule has 0 aromatic heterocycles. The lowest BCUT2D eigenvalue weighted by atomic mass is 10.00. The van der Waals surface area contributed by atoms with Gasteiger partial charge in [0.05, 0.1) is 5.30 Å². The Morgan fingerprint density at radius 3 is 1.60 bits per heavy atom. The predicted octanol–water partition coefficient (Wildman–Crippen LogP) is 8.83. The SMILES string of the molecule is O=P1(C(c2ccc(O)cc2)(c2ccc(O)cc2)P2(=O)Oc3ccccc3-c3ccccc32)Cc2ccccc2-c2ccccc21. The number of fused-ring (bicyclic) bond motifs is 6. The molecular formula is C38H28O5P2. The van der Waals surface area contributed by atoms with Crippen LogP contribution in [0.15, 0.2) is 146 Å². The molecule has 0 fully saturated rings. The van der Waals surface area contributed by atoms with Gasteiger partial charge in [0, 0.05) is 17.0 Å². The molecule has 0 saturated heterocycles. The molecule has 0 aliphatic carbocycles. The van der Waals surface area contributed by atoms with Gasteiger partial charge in [0.1, 0.15) is 24.4 Å². The van der Waals surface area contributed by atoms with Crippen LogP contribution in [0.4, 0.5) is 0 Å². The number of hydrogen-bond acceptors (Lipinski definition) is 5. The lowest BCUT2D eigenvalue weighted by Crippen LogP contribution is -2.41. The molecule has 220 valence electrons. The van der Waals surface area contributed by atoms with Gasteiger partial charge in [-0.1, -0.05) is 109 Å². The topological polar surface area (TPSA) is 83.8 Å². The monoisotopic (exact) mass is 626 g/mol. The molecule has 0 radical (unpaired) electrons. The fraction of sp³-hybridized carbons (Fsp3) is 0.0526. The third-order valence-electron chi connectivity index (χ3n) is 9.11. The average Bonchev–Trinajstić information content (AvgIpc) is 3.07. The van der Waals surface area contributed by atoms with Gasteiger partial charge in [-0.2, -0.15) is 0 Å². The number of para-hydroxylation sites is 1. The Kier molecular flexibility index (Phi) is 6.22. The summed E-state index contributed by atoms with van der Waals surface area (Å²) in [7, 11) is -8.18. The Balaban J connectivity index is 1.58. The molecule has 2 heterocycles. The molecule has 2 N–H and O–H groups in total. The standard InChI is InChI=1S/C38H28O5P2/c39-29-21-17-27(18-22-29)38(28-19-23-30(40)24-20-28,44(41)25-26-9-1-2-10-31(26)33-12-4-7-15-36(33)44)45(42)37-16-8-5-13-34(37)32-11-3-6-14-35(32)43-45/h1-24,39-40H,25H2. The van der Waals surface area contributed by atoms with Crippen molar-refractivity contribution in [2.45, 2.75) is 11.1 Å². The van der Waals surface area contributed by atoms with Crippen LogP contribution >= 0.6 is 14.5 Å². The Bertz CT molecular complexity index is 2050. The minimum absolute atomic E-state index is 0.0274. The number of phenols is 2. The van der Waals surface area contributed by atoms with Gasteiger partial charge >= 0.3 is 0 Å². The molecule has 45 heavy (non-hydrogen) atoms. The lowest BCUT2D eigenvalue weighted by molar-refractivity contribution is 0.468. The second-order valence-electron chi connectivity index (χ2n) is 11.5. The van der Waals surface area contributed by atoms with Crippen molar-refractivity contribution in [2.24, 2.45) is 0 Å². The highest BCUT2D eigenvalue weighted by Crippen LogP contribution is 2.85. The van der Waals surface area contributed by atoms with Gasteiger partial charge in [0.2, 0.25) is 0 Å². The summed E-state index contributed by atoms with van der Waals surface area (Å²) in [4.78, 5) is -1.77. The maximum absolute atomic E-state index is 16.9. The quantitative estimate of drug-likeness (QED) is 0.191. The van der Waals surface area contributed by atoms with E-state index in [1.165, 1.54) is 24.3 Å². The van der Waals surface area contributed by atoms with Gasteiger partial charge in [-0.05, 0) is 69.8 Å². The summed E-state index contributed by atoms with van der Waals surface area (Å²) in [5.74, 6) is 0.498.